The number of aryl methyl sites for hydroxylation is 2. The summed E-state index contributed by atoms with van der Waals surface area (Å²) in [5, 5.41) is 0.427. The molecule has 0 N–H and O–H groups in total. The summed E-state index contributed by atoms with van der Waals surface area (Å²) in [6, 6.07) is 13.4. The number of esters is 1. The third kappa shape index (κ3) is 3.20. The van der Waals surface area contributed by atoms with Gasteiger partial charge in [-0.2, -0.15) is 0 Å². The Hall–Kier alpha value is -2.95. The molecule has 5 heteroatoms. The van der Waals surface area contributed by atoms with Gasteiger partial charge in [-0.25, -0.2) is 9.78 Å². The van der Waals surface area contributed by atoms with E-state index in [0.717, 1.165) is 6.42 Å². The van der Waals surface area contributed by atoms with Crippen LogP contribution in [0.1, 0.15) is 22.8 Å². The second-order valence-corrected chi connectivity index (χ2v) is 5.40. The summed E-state index contributed by atoms with van der Waals surface area (Å²) in [6.07, 6.45) is 3.97. The van der Waals surface area contributed by atoms with Crippen molar-refractivity contribution < 1.29 is 9.53 Å². The summed E-state index contributed by atoms with van der Waals surface area (Å²) in [4.78, 5) is 28.9. The molecule has 0 atom stereocenters. The van der Waals surface area contributed by atoms with Crippen LogP contribution in [0.3, 0.4) is 0 Å². The summed E-state index contributed by atoms with van der Waals surface area (Å²) < 4.78 is 6.85. The van der Waals surface area contributed by atoms with Gasteiger partial charge < -0.3 is 9.30 Å². The van der Waals surface area contributed by atoms with Crippen molar-refractivity contribution in [3.8, 4) is 0 Å². The molecule has 1 aromatic carbocycles. The molecule has 122 valence electrons. The summed E-state index contributed by atoms with van der Waals surface area (Å²) in [5.41, 5.74) is 1.46. The molecule has 0 unspecified atom stereocenters. The largest absolute Gasteiger partial charge is 0.462 e. The van der Waals surface area contributed by atoms with E-state index in [4.69, 9.17) is 4.74 Å². The Bertz CT molecular complexity index is 917. The van der Waals surface area contributed by atoms with Crippen LogP contribution in [-0.4, -0.2) is 22.1 Å². The quantitative estimate of drug-likeness (QED) is 0.678. The number of carbonyl (C=O) groups excluding carboxylic acids is 1. The van der Waals surface area contributed by atoms with Crippen molar-refractivity contribution in [1.29, 1.82) is 0 Å². The fraction of sp³-hybridized carbons (Fsp3) is 0.211. The van der Waals surface area contributed by atoms with Gasteiger partial charge in [0.25, 0.3) is 0 Å². The third-order valence-corrected chi connectivity index (χ3v) is 3.81. The van der Waals surface area contributed by atoms with Crippen LogP contribution >= 0.6 is 0 Å². The number of rotatable bonds is 5. The minimum Gasteiger partial charge on any atom is -0.462 e. The molecule has 0 saturated carbocycles. The summed E-state index contributed by atoms with van der Waals surface area (Å²) >= 11 is 0. The third-order valence-electron chi connectivity index (χ3n) is 3.81. The van der Waals surface area contributed by atoms with Crippen LogP contribution in [0, 0.1) is 0 Å². The highest BCUT2D eigenvalue weighted by atomic mass is 16.5. The highest BCUT2D eigenvalue weighted by Gasteiger charge is 2.16. The predicted octanol–water partition coefficient (Wildman–Crippen LogP) is 2.82. The van der Waals surface area contributed by atoms with Gasteiger partial charge in [0.15, 0.2) is 0 Å². The van der Waals surface area contributed by atoms with E-state index in [1.807, 2.05) is 34.9 Å². The number of fused-ring (bicyclic) bond motifs is 1. The fourth-order valence-electron chi connectivity index (χ4n) is 2.64. The number of ether oxygens (including phenoxy) is 1. The first kappa shape index (κ1) is 15.9. The average Bonchev–Trinajstić information content (AvgIpc) is 2.62. The monoisotopic (exact) mass is 322 g/mol. The Balaban J connectivity index is 2.03. The van der Waals surface area contributed by atoms with Gasteiger partial charge >= 0.3 is 5.97 Å². The Morgan fingerprint density at radius 2 is 1.96 bits per heavy atom. The van der Waals surface area contributed by atoms with E-state index in [2.05, 4.69) is 4.98 Å². The zero-order chi connectivity index (χ0) is 16.9. The van der Waals surface area contributed by atoms with Crippen LogP contribution < -0.4 is 5.43 Å². The van der Waals surface area contributed by atoms with Gasteiger partial charge in [-0.05, 0) is 31.0 Å². The van der Waals surface area contributed by atoms with Crippen molar-refractivity contribution in [3.05, 3.63) is 76.2 Å². The van der Waals surface area contributed by atoms with Crippen molar-refractivity contribution in [1.82, 2.24) is 9.55 Å². The summed E-state index contributed by atoms with van der Waals surface area (Å²) in [5.74, 6) is -0.596. The van der Waals surface area contributed by atoms with Crippen molar-refractivity contribution in [2.24, 2.45) is 0 Å². The van der Waals surface area contributed by atoms with Gasteiger partial charge in [-0.1, -0.05) is 30.3 Å². The molecule has 2 aromatic heterocycles. The molecule has 0 spiro atoms. The fourth-order valence-corrected chi connectivity index (χ4v) is 2.64. The number of aromatic nitrogens is 2. The number of nitrogens with zero attached hydrogens (tertiary/aromatic N) is 2. The number of carbonyl (C=O) groups is 1. The second-order valence-electron chi connectivity index (χ2n) is 5.40. The molecule has 5 nitrogen and oxygen atoms in total. The molecule has 0 amide bonds. The predicted molar refractivity (Wildman–Crippen MR) is 92.1 cm³/mol. The minimum atomic E-state index is -0.596. The minimum absolute atomic E-state index is 0.0467. The SMILES string of the molecule is CCOC(=O)c1cn(CCc2ccccc2)c2ncccc2c1=O. The van der Waals surface area contributed by atoms with Gasteiger partial charge in [0.1, 0.15) is 11.2 Å². The first-order valence-corrected chi connectivity index (χ1v) is 7.90. The smallest absolute Gasteiger partial charge is 0.343 e. The van der Waals surface area contributed by atoms with Crippen LogP contribution in [0.4, 0.5) is 0 Å². The first-order chi connectivity index (χ1) is 11.7. The van der Waals surface area contributed by atoms with Gasteiger partial charge in [-0.15, -0.1) is 0 Å². The van der Waals surface area contributed by atoms with Gasteiger partial charge in [0.2, 0.25) is 5.43 Å². The molecule has 3 rings (SSSR count). The Morgan fingerprint density at radius 1 is 1.17 bits per heavy atom. The van der Waals surface area contributed by atoms with Gasteiger partial charge in [-0.3, -0.25) is 4.79 Å². The molecule has 2 heterocycles. The normalized spacial score (nSPS) is 10.7. The van der Waals surface area contributed by atoms with E-state index in [1.54, 1.807) is 31.5 Å². The lowest BCUT2D eigenvalue weighted by Gasteiger charge is -2.12. The maximum atomic E-state index is 12.5. The van der Waals surface area contributed by atoms with E-state index in [-0.39, 0.29) is 17.6 Å². The van der Waals surface area contributed by atoms with Crippen molar-refractivity contribution in [3.63, 3.8) is 0 Å². The lowest BCUT2D eigenvalue weighted by atomic mass is 10.1. The molecular formula is C19H18N2O3. The number of hydrogen-bond acceptors (Lipinski definition) is 4. The highest BCUT2D eigenvalue weighted by Crippen LogP contribution is 2.11. The maximum absolute atomic E-state index is 12.5. The van der Waals surface area contributed by atoms with E-state index in [9.17, 15) is 9.59 Å². The van der Waals surface area contributed by atoms with E-state index in [1.165, 1.54) is 5.56 Å². The maximum Gasteiger partial charge on any atom is 0.343 e. The summed E-state index contributed by atoms with van der Waals surface area (Å²) in [6.45, 7) is 2.56. The Labute approximate surface area is 139 Å². The first-order valence-electron chi connectivity index (χ1n) is 7.90. The molecule has 0 aliphatic heterocycles. The molecule has 0 aliphatic carbocycles. The van der Waals surface area contributed by atoms with Crippen LogP contribution in [0.25, 0.3) is 11.0 Å². The van der Waals surface area contributed by atoms with Crippen LogP contribution in [-0.2, 0) is 17.7 Å². The zero-order valence-electron chi connectivity index (χ0n) is 13.4. The van der Waals surface area contributed by atoms with Crippen LogP contribution in [0.15, 0.2) is 59.7 Å². The Morgan fingerprint density at radius 3 is 2.71 bits per heavy atom. The molecule has 0 bridgehead atoms. The number of benzene rings is 1. The molecule has 0 fully saturated rings. The number of hydrogen-bond donors (Lipinski definition) is 0. The molecular weight excluding hydrogens is 304 g/mol. The van der Waals surface area contributed by atoms with E-state index >= 15 is 0 Å². The van der Waals surface area contributed by atoms with Gasteiger partial charge in [0, 0.05) is 18.9 Å². The van der Waals surface area contributed by atoms with E-state index in [0.29, 0.717) is 17.6 Å². The van der Waals surface area contributed by atoms with Crippen molar-refractivity contribution in [2.45, 2.75) is 19.9 Å². The highest BCUT2D eigenvalue weighted by molar-refractivity contribution is 5.93. The molecule has 0 saturated heterocycles. The molecule has 0 aliphatic rings. The topological polar surface area (TPSA) is 61.2 Å². The van der Waals surface area contributed by atoms with Crippen molar-refractivity contribution in [2.75, 3.05) is 6.61 Å². The molecule has 0 radical (unpaired) electrons. The number of pyridine rings is 2. The lowest BCUT2D eigenvalue weighted by molar-refractivity contribution is 0.0524. The molecule has 3 aromatic rings. The van der Waals surface area contributed by atoms with Crippen molar-refractivity contribution >= 4 is 17.0 Å². The Kier molecular flexibility index (Phi) is 4.70. The standard InChI is InChI=1S/C19H18N2O3/c1-2-24-19(23)16-13-21(12-10-14-7-4-3-5-8-14)18-15(17(16)22)9-6-11-20-18/h3-9,11,13H,2,10,12H2,1H3. The average molecular weight is 322 g/mol. The zero-order valence-corrected chi connectivity index (χ0v) is 13.4. The van der Waals surface area contributed by atoms with Crippen LogP contribution in [0.2, 0.25) is 0 Å². The van der Waals surface area contributed by atoms with E-state index < -0.39 is 5.97 Å². The molecule has 24 heavy (non-hydrogen) atoms. The lowest BCUT2D eigenvalue weighted by Crippen LogP contribution is -2.21. The summed E-state index contributed by atoms with van der Waals surface area (Å²) in [7, 11) is 0. The van der Waals surface area contributed by atoms with Gasteiger partial charge in [0.05, 0.1) is 12.0 Å². The second kappa shape index (κ2) is 7.08. The van der Waals surface area contributed by atoms with Crippen LogP contribution in [0.5, 0.6) is 0 Å².